The van der Waals surface area contributed by atoms with Crippen LogP contribution in [0.15, 0.2) is 128 Å². The highest BCUT2D eigenvalue weighted by atomic mass is 16.3. The van der Waals surface area contributed by atoms with Gasteiger partial charge in [0.05, 0.1) is 0 Å². The third kappa shape index (κ3) is 22.7. The van der Waals surface area contributed by atoms with Gasteiger partial charge in [-0.1, -0.05) is 111 Å². The van der Waals surface area contributed by atoms with Crippen LogP contribution in [-0.4, -0.2) is 85.6 Å². The average Bonchev–Trinajstić information content (AvgIpc) is 4.24. The van der Waals surface area contributed by atoms with Crippen molar-refractivity contribution >= 4 is 36.3 Å². The molecule has 0 bridgehead atoms. The molecular weight excluding hydrogens is 865 g/mol. The second kappa shape index (κ2) is 43.5. The Morgan fingerprint density at radius 1 is 0.279 bits per heavy atom. The zero-order valence-corrected chi connectivity index (χ0v) is 43.2. The molecule has 0 radical (unpaired) electrons. The number of aromatic hydroxyl groups is 4. The summed E-state index contributed by atoms with van der Waals surface area (Å²) < 4.78 is 0. The highest BCUT2D eigenvalue weighted by Crippen LogP contribution is 2.32. The first-order chi connectivity index (χ1) is 33.2. The molecule has 4 aromatic heterocycles. The number of hydrogen-bond donors (Lipinski definition) is 8. The average molecular weight is 945 g/mol. The van der Waals surface area contributed by atoms with Crippen LogP contribution in [0.3, 0.4) is 0 Å². The molecule has 4 aromatic rings. The first-order valence-electron chi connectivity index (χ1n) is 23.5. The van der Waals surface area contributed by atoms with Crippen molar-refractivity contribution < 1.29 is 40.9 Å². The van der Waals surface area contributed by atoms with Gasteiger partial charge < -0.3 is 40.9 Å². The molecule has 8 heterocycles. The fourth-order valence-corrected chi connectivity index (χ4v) is 4.69. The third-order valence-corrected chi connectivity index (χ3v) is 7.16. The van der Waals surface area contributed by atoms with Crippen molar-refractivity contribution in [3.63, 3.8) is 0 Å². The number of pyridine rings is 4. The topological polar surface area (TPSA) is 263 Å². The fourth-order valence-electron chi connectivity index (χ4n) is 4.69. The van der Waals surface area contributed by atoms with Crippen molar-refractivity contribution in [1.29, 1.82) is 0 Å². The molecular formula is C52H80N8O8. The summed E-state index contributed by atoms with van der Waals surface area (Å²) in [5.41, 5.74) is 2.75. The Hall–Kier alpha value is -7.36. The van der Waals surface area contributed by atoms with E-state index in [0.29, 0.717) is 59.9 Å². The number of hydrogen-bond acceptors (Lipinski definition) is 16. The van der Waals surface area contributed by atoms with Crippen LogP contribution < -0.4 is 0 Å². The van der Waals surface area contributed by atoms with Gasteiger partial charge in [0.2, 0.25) is 0 Å². The van der Waals surface area contributed by atoms with E-state index in [1.807, 2.05) is 111 Å². The SMILES string of the molecule is CC.CC.CC.CC.CC.CC.CC.CC.OC1=C(C2=C(O)CC=N2)N=CC1.OC1=C(c2ncccc2O)N=CC1.OC1=C(c2ncccc2O)N=CC1.Oc1cccnc1-c1ncccc1O. The van der Waals surface area contributed by atoms with Gasteiger partial charge in [-0.05, 0) is 48.5 Å². The molecule has 0 saturated heterocycles. The van der Waals surface area contributed by atoms with Gasteiger partial charge in [-0.2, -0.15) is 0 Å². The molecule has 0 aromatic carbocycles. The molecule has 16 nitrogen and oxygen atoms in total. The van der Waals surface area contributed by atoms with Crippen LogP contribution in [0.5, 0.6) is 23.0 Å². The summed E-state index contributed by atoms with van der Waals surface area (Å²) in [6, 6.07) is 12.5. The summed E-state index contributed by atoms with van der Waals surface area (Å²) in [7, 11) is 0. The predicted molar refractivity (Wildman–Crippen MR) is 284 cm³/mol. The fraction of sp³-hybridized carbons (Fsp3) is 0.385. The van der Waals surface area contributed by atoms with Crippen molar-refractivity contribution in [2.45, 2.75) is 136 Å². The van der Waals surface area contributed by atoms with E-state index < -0.39 is 0 Å². The van der Waals surface area contributed by atoms with Gasteiger partial charge in [0.15, 0.2) is 0 Å². The van der Waals surface area contributed by atoms with Crippen molar-refractivity contribution in [3.8, 4) is 34.4 Å². The molecule has 4 aliphatic rings. The Labute approximate surface area is 405 Å². The molecule has 0 aliphatic carbocycles. The highest BCUT2D eigenvalue weighted by molar-refractivity contribution is 5.84. The molecule has 8 N–H and O–H groups in total. The quantitative estimate of drug-likeness (QED) is 0.0950. The van der Waals surface area contributed by atoms with Crippen LogP contribution >= 0.6 is 0 Å². The van der Waals surface area contributed by atoms with Crippen LogP contribution in [0, 0.1) is 0 Å². The van der Waals surface area contributed by atoms with E-state index in [0.717, 1.165) is 0 Å². The Morgan fingerprint density at radius 3 is 0.647 bits per heavy atom. The summed E-state index contributed by atoms with van der Waals surface area (Å²) in [4.78, 5) is 31.4. The third-order valence-electron chi connectivity index (χ3n) is 7.16. The Bertz CT molecular complexity index is 2060. The molecule has 0 atom stereocenters. The standard InChI is InChI=1S/C10H8N2O2.2C9H8N2O2.C8H8N2O2.8C2H6/c13-7-3-1-5-11-9(7)10-8(14)4-2-6-12-10;2*12-6-2-1-4-10-8(6)9-7(13)3-5-11-9;11-5-1-3-9-7(5)8-6(12)2-4-10-8;8*1-2/h1-6,13-14H;2*1-2,4-5,12-13H,3H2;3-4,11-12H,1-2H2;8*1-2H3. The minimum Gasteiger partial charge on any atom is -0.510 e. The summed E-state index contributed by atoms with van der Waals surface area (Å²) in [6.45, 7) is 32.0. The molecule has 0 amide bonds. The van der Waals surface area contributed by atoms with E-state index in [2.05, 4.69) is 39.9 Å². The van der Waals surface area contributed by atoms with E-state index >= 15 is 0 Å². The van der Waals surface area contributed by atoms with Crippen LogP contribution in [0.25, 0.3) is 22.8 Å². The summed E-state index contributed by atoms with van der Waals surface area (Å²) >= 11 is 0. The first-order valence-corrected chi connectivity index (χ1v) is 23.5. The molecule has 0 spiro atoms. The van der Waals surface area contributed by atoms with Crippen LogP contribution in [0.2, 0.25) is 0 Å². The van der Waals surface area contributed by atoms with Crippen molar-refractivity contribution in [2.24, 2.45) is 20.0 Å². The summed E-state index contributed by atoms with van der Waals surface area (Å²) in [5, 5.41) is 75.1. The Kier molecular flexibility index (Phi) is 43.0. The Morgan fingerprint density at radius 2 is 0.471 bits per heavy atom. The van der Waals surface area contributed by atoms with Gasteiger partial charge in [0, 0.05) is 75.3 Å². The number of allylic oxidation sites excluding steroid dienone is 4. The lowest BCUT2D eigenvalue weighted by atomic mass is 10.2. The number of rotatable bonds is 4. The minimum atomic E-state index is 0.00139. The van der Waals surface area contributed by atoms with E-state index in [-0.39, 0.29) is 57.4 Å². The van der Waals surface area contributed by atoms with E-state index in [1.54, 1.807) is 61.5 Å². The van der Waals surface area contributed by atoms with Crippen LogP contribution in [-0.2, 0) is 0 Å². The van der Waals surface area contributed by atoms with Crippen molar-refractivity contribution in [3.05, 3.63) is 119 Å². The molecule has 376 valence electrons. The Balaban J connectivity index is -0.000000365. The lowest BCUT2D eigenvalue weighted by Crippen LogP contribution is -1.88. The zero-order chi connectivity index (χ0) is 53.0. The van der Waals surface area contributed by atoms with Crippen molar-refractivity contribution in [2.75, 3.05) is 0 Å². The van der Waals surface area contributed by atoms with Gasteiger partial charge >= 0.3 is 0 Å². The molecule has 4 aliphatic heterocycles. The number of aromatic nitrogens is 4. The maximum Gasteiger partial charge on any atom is 0.143 e. The number of aliphatic hydroxyl groups is 4. The van der Waals surface area contributed by atoms with Gasteiger partial charge in [0.25, 0.3) is 0 Å². The second-order valence-electron chi connectivity index (χ2n) is 10.7. The molecule has 16 heteroatoms. The van der Waals surface area contributed by atoms with Gasteiger partial charge in [-0.25, -0.2) is 0 Å². The second-order valence-corrected chi connectivity index (χ2v) is 10.7. The van der Waals surface area contributed by atoms with E-state index in [9.17, 15) is 40.9 Å². The van der Waals surface area contributed by atoms with E-state index in [1.165, 1.54) is 36.7 Å². The van der Waals surface area contributed by atoms with Crippen LogP contribution in [0.4, 0.5) is 0 Å². The van der Waals surface area contributed by atoms with E-state index in [4.69, 9.17) is 0 Å². The number of aliphatic hydroxyl groups excluding tert-OH is 4. The maximum absolute atomic E-state index is 9.47. The van der Waals surface area contributed by atoms with Crippen molar-refractivity contribution in [1.82, 2.24) is 19.9 Å². The van der Waals surface area contributed by atoms with Crippen LogP contribution in [0.1, 0.15) is 148 Å². The highest BCUT2D eigenvalue weighted by Gasteiger charge is 2.20. The largest absolute Gasteiger partial charge is 0.510 e. The van der Waals surface area contributed by atoms with Gasteiger partial charge in [-0.3, -0.25) is 39.9 Å². The lowest BCUT2D eigenvalue weighted by molar-refractivity contribution is 0.392. The minimum absolute atomic E-state index is 0.00139. The molecule has 0 unspecified atom stereocenters. The smallest absolute Gasteiger partial charge is 0.143 e. The predicted octanol–water partition coefficient (Wildman–Crippen LogP) is 14.2. The molecule has 8 rings (SSSR count). The molecule has 0 saturated carbocycles. The first kappa shape index (κ1) is 67.2. The lowest BCUT2D eigenvalue weighted by Gasteiger charge is -2.03. The molecule has 0 fully saturated rings. The normalized spacial score (nSPS) is 12.5. The monoisotopic (exact) mass is 945 g/mol. The van der Waals surface area contributed by atoms with Gasteiger partial charge in [0.1, 0.15) is 91.6 Å². The summed E-state index contributed by atoms with van der Waals surface area (Å²) in [6.07, 6.45) is 14.2. The maximum atomic E-state index is 9.47. The van der Waals surface area contributed by atoms with Gasteiger partial charge in [-0.15, -0.1) is 0 Å². The number of nitrogens with zero attached hydrogens (tertiary/aromatic N) is 8. The summed E-state index contributed by atoms with van der Waals surface area (Å²) in [5.74, 6) is 0.711. The molecule has 68 heavy (non-hydrogen) atoms. The zero-order valence-electron chi connectivity index (χ0n) is 43.2. The number of aliphatic imine (C=N–C) groups is 4.